The molecule has 0 saturated heterocycles. The molecule has 7 heteroatoms. The lowest BCUT2D eigenvalue weighted by atomic mass is 9.99. The summed E-state index contributed by atoms with van der Waals surface area (Å²) < 4.78 is 5.26. The fourth-order valence-electron chi connectivity index (χ4n) is 2.10. The molecule has 116 valence electrons. The number of carbonyl (C=O) groups is 2. The summed E-state index contributed by atoms with van der Waals surface area (Å²) in [6.45, 7) is 5.36. The summed E-state index contributed by atoms with van der Waals surface area (Å²) in [5.74, 6) is 0.198. The van der Waals surface area contributed by atoms with Gasteiger partial charge in [-0.3, -0.25) is 4.79 Å². The van der Waals surface area contributed by atoms with Gasteiger partial charge in [-0.25, -0.2) is 4.79 Å². The van der Waals surface area contributed by atoms with Crippen LogP contribution in [0, 0.1) is 6.92 Å². The van der Waals surface area contributed by atoms with Crippen LogP contribution in [0.25, 0.3) is 0 Å². The van der Waals surface area contributed by atoms with Crippen LogP contribution in [0.5, 0.6) is 0 Å². The Hall–Kier alpha value is -2.05. The lowest BCUT2D eigenvalue weighted by Crippen LogP contribution is -2.45. The van der Waals surface area contributed by atoms with E-state index in [1.807, 2.05) is 0 Å². The minimum Gasteiger partial charge on any atom is -0.481 e. The topological polar surface area (TPSA) is 104 Å². The molecule has 0 aromatic carbocycles. The molecule has 1 aromatic rings. The number of aromatic nitrogens is 1. The van der Waals surface area contributed by atoms with Crippen molar-refractivity contribution in [3.8, 4) is 0 Å². The van der Waals surface area contributed by atoms with Crippen molar-refractivity contribution in [3.05, 3.63) is 11.5 Å². The van der Waals surface area contributed by atoms with Gasteiger partial charge in [0, 0.05) is 17.9 Å². The van der Waals surface area contributed by atoms with Gasteiger partial charge >= 0.3 is 12.0 Å². The van der Waals surface area contributed by atoms with Gasteiger partial charge in [0.05, 0.1) is 0 Å². The van der Waals surface area contributed by atoms with E-state index < -0.39 is 11.5 Å². The summed E-state index contributed by atoms with van der Waals surface area (Å²) in [5.41, 5.74) is 0.673. The summed E-state index contributed by atoms with van der Waals surface area (Å²) in [4.78, 5) is 22.7. The first-order valence-corrected chi connectivity index (χ1v) is 7.05. The van der Waals surface area contributed by atoms with Gasteiger partial charge in [0.2, 0.25) is 0 Å². The lowest BCUT2D eigenvalue weighted by Gasteiger charge is -2.25. The zero-order valence-electron chi connectivity index (χ0n) is 12.5. The third-order valence-corrected chi connectivity index (χ3v) is 3.49. The average Bonchev–Trinajstić information content (AvgIpc) is 3.14. The monoisotopic (exact) mass is 295 g/mol. The number of aliphatic carboxylic acids is 1. The van der Waals surface area contributed by atoms with Crippen molar-refractivity contribution in [1.82, 2.24) is 10.5 Å². The average molecular weight is 295 g/mol. The Balaban J connectivity index is 1.95. The number of rotatable bonds is 6. The second-order valence-electron chi connectivity index (χ2n) is 6.14. The second kappa shape index (κ2) is 5.75. The summed E-state index contributed by atoms with van der Waals surface area (Å²) in [7, 11) is 0. The third-order valence-electron chi connectivity index (χ3n) is 3.49. The van der Waals surface area contributed by atoms with E-state index >= 15 is 0 Å². The van der Waals surface area contributed by atoms with Crippen LogP contribution < -0.4 is 10.6 Å². The molecule has 0 aliphatic heterocycles. The number of nitrogens with one attached hydrogen (secondary N) is 2. The molecular weight excluding hydrogens is 274 g/mol. The molecule has 3 N–H and O–H groups in total. The number of carboxylic acid groups (broad SMARTS) is 1. The number of aryl methyl sites for hydroxylation is 1. The Morgan fingerprint density at radius 1 is 1.43 bits per heavy atom. The molecular formula is C14H21N3O4. The fourth-order valence-corrected chi connectivity index (χ4v) is 2.10. The van der Waals surface area contributed by atoms with Crippen molar-refractivity contribution >= 4 is 17.7 Å². The Bertz CT molecular complexity index is 546. The van der Waals surface area contributed by atoms with Crippen LogP contribution in [0.3, 0.4) is 0 Å². The van der Waals surface area contributed by atoms with E-state index in [1.165, 1.54) is 0 Å². The summed E-state index contributed by atoms with van der Waals surface area (Å²) in [6.07, 6.45) is 2.46. The molecule has 1 heterocycles. The molecule has 1 fully saturated rings. The number of urea groups is 1. The number of amides is 2. The van der Waals surface area contributed by atoms with E-state index in [9.17, 15) is 9.59 Å². The van der Waals surface area contributed by atoms with Crippen molar-refractivity contribution in [2.75, 3.05) is 5.32 Å². The predicted octanol–water partition coefficient (Wildman–Crippen LogP) is 2.63. The molecule has 1 aromatic heterocycles. The number of nitrogens with zero attached hydrogens (tertiary/aromatic N) is 1. The molecule has 1 aliphatic rings. The Labute approximate surface area is 123 Å². The van der Waals surface area contributed by atoms with E-state index in [0.29, 0.717) is 23.7 Å². The number of anilines is 1. The second-order valence-corrected chi connectivity index (χ2v) is 6.14. The molecule has 1 saturated carbocycles. The molecule has 0 radical (unpaired) electrons. The highest BCUT2D eigenvalue weighted by molar-refractivity contribution is 5.91. The first-order valence-electron chi connectivity index (χ1n) is 7.05. The summed E-state index contributed by atoms with van der Waals surface area (Å²) in [5, 5.41) is 18.2. The maximum Gasteiger partial charge on any atom is 0.319 e. The number of hydrogen-bond donors (Lipinski definition) is 3. The first-order chi connectivity index (χ1) is 9.78. The van der Waals surface area contributed by atoms with Gasteiger partial charge in [0.25, 0.3) is 0 Å². The number of hydrogen-bond acceptors (Lipinski definition) is 4. The van der Waals surface area contributed by atoms with Crippen molar-refractivity contribution in [2.45, 2.75) is 57.9 Å². The highest BCUT2D eigenvalue weighted by Crippen LogP contribution is 2.44. The zero-order valence-corrected chi connectivity index (χ0v) is 12.5. The van der Waals surface area contributed by atoms with E-state index in [2.05, 4.69) is 15.8 Å². The summed E-state index contributed by atoms with van der Waals surface area (Å²) >= 11 is 0. The van der Waals surface area contributed by atoms with E-state index in [0.717, 1.165) is 18.6 Å². The fraction of sp³-hybridized carbons (Fsp3) is 0.643. The molecule has 2 rings (SSSR count). The smallest absolute Gasteiger partial charge is 0.319 e. The van der Waals surface area contributed by atoms with Crippen molar-refractivity contribution < 1.29 is 19.2 Å². The van der Waals surface area contributed by atoms with Gasteiger partial charge in [-0.2, -0.15) is 0 Å². The molecule has 0 bridgehead atoms. The van der Waals surface area contributed by atoms with E-state index in [1.54, 1.807) is 20.8 Å². The maximum atomic E-state index is 12.1. The van der Waals surface area contributed by atoms with Crippen molar-refractivity contribution in [2.24, 2.45) is 0 Å². The van der Waals surface area contributed by atoms with E-state index in [-0.39, 0.29) is 12.5 Å². The quantitative estimate of drug-likeness (QED) is 0.748. The van der Waals surface area contributed by atoms with Gasteiger partial charge in [0.1, 0.15) is 11.4 Å². The lowest BCUT2D eigenvalue weighted by molar-refractivity contribution is -0.137. The predicted molar refractivity (Wildman–Crippen MR) is 76.3 cm³/mol. The maximum absolute atomic E-state index is 12.1. The summed E-state index contributed by atoms with van der Waals surface area (Å²) in [6, 6.07) is -0.376. The molecule has 21 heavy (non-hydrogen) atoms. The minimum atomic E-state index is -0.879. The molecule has 0 unspecified atom stereocenters. The first kappa shape index (κ1) is 15.3. The number of carboxylic acids is 1. The van der Waals surface area contributed by atoms with Gasteiger partial charge in [-0.05, 0) is 40.0 Å². The van der Waals surface area contributed by atoms with Crippen molar-refractivity contribution in [1.29, 1.82) is 0 Å². The van der Waals surface area contributed by atoms with E-state index in [4.69, 9.17) is 9.63 Å². The van der Waals surface area contributed by atoms with Crippen molar-refractivity contribution in [3.63, 3.8) is 0 Å². The third kappa shape index (κ3) is 4.21. The molecule has 2 amide bonds. The Kier molecular flexibility index (Phi) is 4.20. The van der Waals surface area contributed by atoms with Gasteiger partial charge in [-0.1, -0.05) is 5.16 Å². The Morgan fingerprint density at radius 2 is 2.10 bits per heavy atom. The van der Waals surface area contributed by atoms with Gasteiger partial charge < -0.3 is 20.3 Å². The van der Waals surface area contributed by atoms with Gasteiger partial charge in [-0.15, -0.1) is 0 Å². The molecule has 7 nitrogen and oxygen atoms in total. The Morgan fingerprint density at radius 3 is 2.67 bits per heavy atom. The highest BCUT2D eigenvalue weighted by Gasteiger charge is 2.32. The van der Waals surface area contributed by atoms with Crippen LogP contribution in [-0.4, -0.2) is 27.8 Å². The largest absolute Gasteiger partial charge is 0.481 e. The van der Waals surface area contributed by atoms with Crippen LogP contribution in [0.15, 0.2) is 4.52 Å². The van der Waals surface area contributed by atoms with Crippen LogP contribution in [0.2, 0.25) is 0 Å². The number of carbonyl (C=O) groups excluding carboxylic acids is 1. The van der Waals surface area contributed by atoms with Crippen LogP contribution in [0.1, 0.15) is 56.9 Å². The van der Waals surface area contributed by atoms with Gasteiger partial charge in [0.15, 0.2) is 5.76 Å². The van der Waals surface area contributed by atoms with Crippen LogP contribution in [-0.2, 0) is 4.79 Å². The normalized spacial score (nSPS) is 14.8. The molecule has 0 atom stereocenters. The highest BCUT2D eigenvalue weighted by atomic mass is 16.5. The SMILES string of the molecule is Cc1noc(C2CC2)c1NC(=O)NC(C)(C)CCC(=O)O. The van der Waals surface area contributed by atoms with Crippen LogP contribution >= 0.6 is 0 Å². The zero-order chi connectivity index (χ0) is 15.6. The standard InChI is InChI=1S/C14H21N3O4/c1-8-11(12(21-17-8)9-4-5-9)15-13(20)16-14(2,3)7-6-10(18)19/h9H,4-7H2,1-3H3,(H,18,19)(H2,15,16,20). The molecule has 0 spiro atoms. The molecule has 1 aliphatic carbocycles. The van der Waals surface area contributed by atoms with Crippen LogP contribution in [0.4, 0.5) is 10.5 Å². The minimum absolute atomic E-state index is 0.00684.